The molecule has 5 rings (SSSR count). The number of nitrogens with zero attached hydrogens (tertiary/aromatic N) is 3. The first kappa shape index (κ1) is 17.1. The fourth-order valence-corrected chi connectivity index (χ4v) is 4.66. The topological polar surface area (TPSA) is 59.8 Å². The lowest BCUT2D eigenvalue weighted by Gasteiger charge is -2.05. The van der Waals surface area contributed by atoms with Gasteiger partial charge in [-0.25, -0.2) is 9.67 Å². The van der Waals surface area contributed by atoms with E-state index >= 15 is 0 Å². The molecule has 0 spiro atoms. The van der Waals surface area contributed by atoms with Gasteiger partial charge in [-0.15, -0.1) is 11.3 Å². The Hall–Kier alpha value is -2.99. The molecule has 4 aromatic rings. The van der Waals surface area contributed by atoms with E-state index in [1.807, 2.05) is 22.9 Å². The van der Waals surface area contributed by atoms with Crippen LogP contribution < -0.4 is 5.32 Å². The van der Waals surface area contributed by atoms with Gasteiger partial charge in [0.05, 0.1) is 22.4 Å². The monoisotopic (exact) mass is 388 g/mol. The van der Waals surface area contributed by atoms with E-state index in [-0.39, 0.29) is 5.91 Å². The molecule has 0 radical (unpaired) electrons. The number of thiazole rings is 1. The molecule has 2 aromatic carbocycles. The molecule has 2 heterocycles. The second kappa shape index (κ2) is 6.87. The molecule has 1 aliphatic carbocycles. The average Bonchev–Trinajstić information content (AvgIpc) is 3.41. The summed E-state index contributed by atoms with van der Waals surface area (Å²) in [5.41, 5.74) is 5.99. The number of nitrogens with one attached hydrogen (secondary N) is 1. The normalized spacial score (nSPS) is 13.0. The fraction of sp³-hybridized carbons (Fsp3) is 0.227. The highest BCUT2D eigenvalue weighted by atomic mass is 32.1. The number of hydrogen-bond acceptors (Lipinski definition) is 4. The molecule has 0 unspecified atom stereocenters. The first-order valence-corrected chi connectivity index (χ1v) is 10.3. The van der Waals surface area contributed by atoms with Gasteiger partial charge in [0, 0.05) is 11.3 Å². The Morgan fingerprint density at radius 1 is 1.14 bits per heavy atom. The van der Waals surface area contributed by atoms with Gasteiger partial charge in [-0.05, 0) is 50.5 Å². The van der Waals surface area contributed by atoms with Gasteiger partial charge in [-0.2, -0.15) is 5.10 Å². The smallest absolute Gasteiger partial charge is 0.272 e. The molecule has 140 valence electrons. The number of rotatable bonds is 4. The predicted molar refractivity (Wildman–Crippen MR) is 111 cm³/mol. The number of amides is 1. The molecule has 6 heteroatoms. The minimum absolute atomic E-state index is 0.122. The standard InChI is InChI=1S/C22H20N4OS/c1-14-9-11-15(12-10-14)26-18-7-4-5-16(18)21(25-26)22(27)23-13-20-24-17-6-2-3-8-19(17)28-20/h2-3,6,8-12H,4-5,7,13H2,1H3,(H,23,27). The Morgan fingerprint density at radius 3 is 2.79 bits per heavy atom. The van der Waals surface area contributed by atoms with Gasteiger partial charge in [0.1, 0.15) is 5.01 Å². The number of hydrogen-bond donors (Lipinski definition) is 1. The molecular weight excluding hydrogens is 368 g/mol. The number of carbonyl (C=O) groups excluding carboxylic acids is 1. The Kier molecular flexibility index (Phi) is 4.20. The van der Waals surface area contributed by atoms with E-state index in [0.717, 1.165) is 51.4 Å². The minimum atomic E-state index is -0.122. The molecule has 1 aliphatic rings. The molecule has 0 atom stereocenters. The lowest BCUT2D eigenvalue weighted by atomic mass is 10.2. The number of aryl methyl sites for hydroxylation is 1. The summed E-state index contributed by atoms with van der Waals surface area (Å²) in [5, 5.41) is 8.59. The maximum Gasteiger partial charge on any atom is 0.272 e. The van der Waals surface area contributed by atoms with Crippen molar-refractivity contribution in [2.45, 2.75) is 32.7 Å². The summed E-state index contributed by atoms with van der Waals surface area (Å²) in [7, 11) is 0. The maximum atomic E-state index is 12.9. The van der Waals surface area contributed by atoms with Crippen molar-refractivity contribution in [2.24, 2.45) is 0 Å². The van der Waals surface area contributed by atoms with Gasteiger partial charge in [0.2, 0.25) is 0 Å². The number of para-hydroxylation sites is 1. The van der Waals surface area contributed by atoms with Crippen molar-refractivity contribution in [3.63, 3.8) is 0 Å². The second-order valence-electron chi connectivity index (χ2n) is 7.13. The van der Waals surface area contributed by atoms with E-state index in [0.29, 0.717) is 12.2 Å². The molecule has 0 aliphatic heterocycles. The van der Waals surface area contributed by atoms with Crippen LogP contribution in [0.3, 0.4) is 0 Å². The summed E-state index contributed by atoms with van der Waals surface area (Å²) in [6, 6.07) is 16.3. The minimum Gasteiger partial charge on any atom is -0.344 e. The van der Waals surface area contributed by atoms with E-state index in [2.05, 4.69) is 52.7 Å². The summed E-state index contributed by atoms with van der Waals surface area (Å²) in [4.78, 5) is 17.5. The zero-order valence-electron chi connectivity index (χ0n) is 15.6. The first-order valence-electron chi connectivity index (χ1n) is 9.49. The third kappa shape index (κ3) is 2.99. The van der Waals surface area contributed by atoms with Crippen molar-refractivity contribution < 1.29 is 4.79 Å². The number of carbonyl (C=O) groups is 1. The van der Waals surface area contributed by atoms with Crippen LogP contribution in [0.1, 0.15) is 38.7 Å². The maximum absolute atomic E-state index is 12.9. The van der Waals surface area contributed by atoms with Crippen molar-refractivity contribution in [3.8, 4) is 5.69 Å². The summed E-state index contributed by atoms with van der Waals surface area (Å²) >= 11 is 1.61. The number of aromatic nitrogens is 3. The molecule has 5 nitrogen and oxygen atoms in total. The zero-order valence-corrected chi connectivity index (χ0v) is 16.4. The van der Waals surface area contributed by atoms with Gasteiger partial charge in [-0.1, -0.05) is 29.8 Å². The van der Waals surface area contributed by atoms with Crippen LogP contribution in [0.25, 0.3) is 15.9 Å². The summed E-state index contributed by atoms with van der Waals surface area (Å²) in [6.45, 7) is 2.49. The van der Waals surface area contributed by atoms with Crippen LogP contribution in [0.15, 0.2) is 48.5 Å². The average molecular weight is 388 g/mol. The Bertz CT molecular complexity index is 1140. The van der Waals surface area contributed by atoms with Gasteiger partial charge < -0.3 is 5.32 Å². The van der Waals surface area contributed by atoms with E-state index in [1.54, 1.807) is 11.3 Å². The van der Waals surface area contributed by atoms with Gasteiger partial charge in [0.25, 0.3) is 5.91 Å². The first-order chi connectivity index (χ1) is 13.7. The third-order valence-corrected chi connectivity index (χ3v) is 6.20. The molecular formula is C22H20N4OS. The van der Waals surface area contributed by atoms with Gasteiger partial charge >= 0.3 is 0 Å². The SMILES string of the molecule is Cc1ccc(-n2nc(C(=O)NCc3nc4ccccc4s3)c3c2CCC3)cc1. The largest absolute Gasteiger partial charge is 0.344 e. The van der Waals surface area contributed by atoms with Crippen molar-refractivity contribution in [1.29, 1.82) is 0 Å². The summed E-state index contributed by atoms with van der Waals surface area (Å²) < 4.78 is 3.07. The van der Waals surface area contributed by atoms with E-state index in [9.17, 15) is 4.79 Å². The molecule has 1 amide bonds. The van der Waals surface area contributed by atoms with Crippen LogP contribution in [0, 0.1) is 6.92 Å². The lowest BCUT2D eigenvalue weighted by Crippen LogP contribution is -2.24. The molecule has 0 bridgehead atoms. The molecule has 28 heavy (non-hydrogen) atoms. The fourth-order valence-electron chi connectivity index (χ4n) is 3.75. The van der Waals surface area contributed by atoms with Crippen molar-refractivity contribution in [2.75, 3.05) is 0 Å². The highest BCUT2D eigenvalue weighted by molar-refractivity contribution is 7.18. The molecule has 0 saturated carbocycles. The molecule has 0 fully saturated rings. The molecule has 1 N–H and O–H groups in total. The van der Waals surface area contributed by atoms with E-state index in [1.165, 1.54) is 5.56 Å². The van der Waals surface area contributed by atoms with Crippen LogP contribution in [0.5, 0.6) is 0 Å². The van der Waals surface area contributed by atoms with Crippen molar-refractivity contribution in [1.82, 2.24) is 20.1 Å². The Morgan fingerprint density at radius 2 is 1.96 bits per heavy atom. The van der Waals surface area contributed by atoms with Crippen molar-refractivity contribution in [3.05, 3.63) is 76.1 Å². The van der Waals surface area contributed by atoms with Crippen LogP contribution >= 0.6 is 11.3 Å². The Labute approximate surface area is 167 Å². The Balaban J connectivity index is 1.40. The van der Waals surface area contributed by atoms with Crippen LogP contribution in [0.4, 0.5) is 0 Å². The quantitative estimate of drug-likeness (QED) is 0.570. The van der Waals surface area contributed by atoms with Crippen LogP contribution in [-0.2, 0) is 19.4 Å². The van der Waals surface area contributed by atoms with Gasteiger partial charge in [-0.3, -0.25) is 4.79 Å². The molecule has 0 saturated heterocycles. The third-order valence-electron chi connectivity index (χ3n) is 5.16. The lowest BCUT2D eigenvalue weighted by molar-refractivity contribution is 0.0944. The summed E-state index contributed by atoms with van der Waals surface area (Å²) in [5.74, 6) is -0.122. The molecule has 2 aromatic heterocycles. The van der Waals surface area contributed by atoms with Crippen molar-refractivity contribution >= 4 is 27.5 Å². The van der Waals surface area contributed by atoms with E-state index in [4.69, 9.17) is 0 Å². The van der Waals surface area contributed by atoms with Crippen LogP contribution in [-0.4, -0.2) is 20.7 Å². The summed E-state index contributed by atoms with van der Waals surface area (Å²) in [6.07, 6.45) is 2.93. The van der Waals surface area contributed by atoms with Crippen LogP contribution in [0.2, 0.25) is 0 Å². The van der Waals surface area contributed by atoms with E-state index < -0.39 is 0 Å². The predicted octanol–water partition coefficient (Wildman–Crippen LogP) is 4.21. The second-order valence-corrected chi connectivity index (χ2v) is 8.25. The number of fused-ring (bicyclic) bond motifs is 2. The highest BCUT2D eigenvalue weighted by Gasteiger charge is 2.27. The highest BCUT2D eigenvalue weighted by Crippen LogP contribution is 2.28. The zero-order chi connectivity index (χ0) is 19.1. The van der Waals surface area contributed by atoms with Gasteiger partial charge in [0.15, 0.2) is 5.69 Å². The number of benzene rings is 2.